The van der Waals surface area contributed by atoms with Crippen molar-refractivity contribution in [3.63, 3.8) is 0 Å². The van der Waals surface area contributed by atoms with Crippen LogP contribution in [0, 0.1) is 13.8 Å². The zero-order valence-electron chi connectivity index (χ0n) is 27.2. The third-order valence-electron chi connectivity index (χ3n) is 8.98. The number of alkyl halides is 3. The third kappa shape index (κ3) is 6.64. The van der Waals surface area contributed by atoms with Crippen molar-refractivity contribution in [2.75, 3.05) is 25.6 Å². The number of pyridine rings is 1. The van der Waals surface area contributed by atoms with E-state index < -0.39 is 30.0 Å². The molecule has 2 amide bonds. The molecular formula is C36H35F3N4O5S. The Morgan fingerprint density at radius 3 is 2.51 bits per heavy atom. The summed E-state index contributed by atoms with van der Waals surface area (Å²) in [5, 5.41) is 5.00. The van der Waals surface area contributed by atoms with E-state index in [1.165, 1.54) is 23.5 Å². The Balaban J connectivity index is 1.50. The molecule has 2 aromatic heterocycles. The number of hydrogen-bond acceptors (Lipinski definition) is 8. The molecule has 13 heteroatoms. The molecule has 3 N–H and O–H groups in total. The number of rotatable bonds is 6. The Morgan fingerprint density at radius 1 is 1.06 bits per heavy atom. The predicted molar refractivity (Wildman–Crippen MR) is 180 cm³/mol. The van der Waals surface area contributed by atoms with Gasteiger partial charge in [0.05, 0.1) is 13.7 Å². The van der Waals surface area contributed by atoms with Crippen LogP contribution in [-0.4, -0.2) is 60.1 Å². The third-order valence-corrected chi connectivity index (χ3v) is 9.97. The number of likely N-dealkylation sites (tertiary alicyclic amines) is 1. The summed E-state index contributed by atoms with van der Waals surface area (Å²) in [6.45, 7) is 4.35. The summed E-state index contributed by atoms with van der Waals surface area (Å²) in [6.07, 6.45) is -3.44. The van der Waals surface area contributed by atoms with Gasteiger partial charge in [0, 0.05) is 52.3 Å². The zero-order valence-corrected chi connectivity index (χ0v) is 28.0. The maximum Gasteiger partial charge on any atom is 0.408 e. The Morgan fingerprint density at radius 2 is 1.82 bits per heavy atom. The Hall–Kier alpha value is -4.75. The van der Waals surface area contributed by atoms with Crippen molar-refractivity contribution in [1.29, 1.82) is 0 Å². The Bertz CT molecular complexity index is 1930. The van der Waals surface area contributed by atoms with Crippen LogP contribution >= 0.6 is 11.3 Å². The molecule has 1 atom stereocenters. The summed E-state index contributed by atoms with van der Waals surface area (Å²) in [5.74, 6) is -1.88. The van der Waals surface area contributed by atoms with E-state index in [1.807, 2.05) is 37.4 Å². The number of halogens is 3. The largest absolute Gasteiger partial charge is 0.493 e. The maximum atomic E-state index is 14.3. The number of carbonyl (C=O) groups is 3. The molecule has 9 nitrogen and oxygen atoms in total. The number of anilines is 1. The number of amides is 2. The van der Waals surface area contributed by atoms with E-state index in [0.29, 0.717) is 49.4 Å². The molecule has 0 saturated carbocycles. The molecule has 256 valence electrons. The highest BCUT2D eigenvalue weighted by atomic mass is 32.1. The normalized spacial score (nSPS) is 15.8. The first-order valence-electron chi connectivity index (χ1n) is 15.9. The molecule has 1 saturated heterocycles. The quantitative estimate of drug-likeness (QED) is 0.207. The highest BCUT2D eigenvalue weighted by molar-refractivity contribution is 7.13. The number of thiophene rings is 1. The number of nitrogens with zero attached hydrogens (tertiary/aromatic N) is 2. The maximum absolute atomic E-state index is 14.3. The zero-order chi connectivity index (χ0) is 35.0. The van der Waals surface area contributed by atoms with Crippen LogP contribution in [0.4, 0.5) is 18.9 Å². The van der Waals surface area contributed by atoms with E-state index in [2.05, 4.69) is 10.3 Å². The van der Waals surface area contributed by atoms with Gasteiger partial charge in [0.2, 0.25) is 0 Å². The van der Waals surface area contributed by atoms with Crippen molar-refractivity contribution in [2.45, 2.75) is 58.3 Å². The van der Waals surface area contributed by atoms with Crippen LogP contribution in [0.1, 0.15) is 72.9 Å². The molecular weight excluding hydrogens is 657 g/mol. The van der Waals surface area contributed by atoms with E-state index in [0.717, 1.165) is 39.1 Å². The lowest BCUT2D eigenvalue weighted by molar-refractivity contribution is -0.183. The first-order valence-corrected chi connectivity index (χ1v) is 16.8. The second kappa shape index (κ2) is 13.6. The fourth-order valence-corrected chi connectivity index (χ4v) is 7.56. The summed E-state index contributed by atoms with van der Waals surface area (Å²) in [4.78, 5) is 47.0. The van der Waals surface area contributed by atoms with Crippen LogP contribution in [0.5, 0.6) is 5.75 Å². The number of carbonyl (C=O) groups excluding carboxylic acids is 3. The molecule has 6 rings (SSSR count). The van der Waals surface area contributed by atoms with E-state index in [-0.39, 0.29) is 41.0 Å². The van der Waals surface area contributed by atoms with Crippen molar-refractivity contribution >= 4 is 34.8 Å². The molecule has 2 aliphatic heterocycles. The minimum Gasteiger partial charge on any atom is -0.493 e. The van der Waals surface area contributed by atoms with Crippen molar-refractivity contribution in [3.05, 3.63) is 87.0 Å². The van der Waals surface area contributed by atoms with E-state index in [1.54, 1.807) is 12.1 Å². The van der Waals surface area contributed by atoms with Gasteiger partial charge in [0.15, 0.2) is 5.69 Å². The van der Waals surface area contributed by atoms with Crippen molar-refractivity contribution < 1.29 is 37.0 Å². The average molecular weight is 693 g/mol. The highest BCUT2D eigenvalue weighted by Gasteiger charge is 2.46. The monoisotopic (exact) mass is 692 g/mol. The number of esters is 1. The van der Waals surface area contributed by atoms with Gasteiger partial charge >= 0.3 is 12.1 Å². The average Bonchev–Trinajstić information content (AvgIpc) is 3.49. The molecule has 2 aliphatic rings. The minimum absolute atomic E-state index is 0.0950. The fourth-order valence-electron chi connectivity index (χ4n) is 6.59. The van der Waals surface area contributed by atoms with E-state index >= 15 is 0 Å². The summed E-state index contributed by atoms with van der Waals surface area (Å²) < 4.78 is 52.8. The smallest absolute Gasteiger partial charge is 0.408 e. The Labute approximate surface area is 285 Å². The van der Waals surface area contributed by atoms with Crippen LogP contribution < -0.4 is 15.8 Å². The lowest BCUT2D eigenvalue weighted by atomic mass is 9.93. The Kier molecular flexibility index (Phi) is 9.50. The molecule has 0 radical (unpaired) electrons. The van der Waals surface area contributed by atoms with Gasteiger partial charge in [-0.3, -0.25) is 9.59 Å². The number of benzene rings is 2. The number of ether oxygens (including phenoxy) is 2. The van der Waals surface area contributed by atoms with Crippen LogP contribution in [0.2, 0.25) is 0 Å². The van der Waals surface area contributed by atoms with Gasteiger partial charge < -0.3 is 25.4 Å². The van der Waals surface area contributed by atoms with Gasteiger partial charge in [-0.1, -0.05) is 12.1 Å². The second-order valence-electron chi connectivity index (χ2n) is 12.2. The molecule has 4 aromatic rings. The van der Waals surface area contributed by atoms with Crippen LogP contribution in [0.3, 0.4) is 0 Å². The number of aryl methyl sites for hydroxylation is 2. The van der Waals surface area contributed by atoms with Crippen molar-refractivity contribution in [1.82, 2.24) is 9.88 Å². The molecule has 1 fully saturated rings. The van der Waals surface area contributed by atoms with Gasteiger partial charge in [0.1, 0.15) is 17.5 Å². The number of methoxy groups -OCH3 is 1. The summed E-state index contributed by atoms with van der Waals surface area (Å²) in [5.41, 5.74) is 10.7. The van der Waals surface area contributed by atoms with E-state index in [4.69, 9.17) is 15.2 Å². The molecule has 0 bridgehead atoms. The van der Waals surface area contributed by atoms with Gasteiger partial charge in [-0.25, -0.2) is 9.78 Å². The summed E-state index contributed by atoms with van der Waals surface area (Å²) in [6, 6.07) is 9.90. The molecule has 4 heterocycles. The first-order chi connectivity index (χ1) is 23.4. The van der Waals surface area contributed by atoms with Gasteiger partial charge in [-0.2, -0.15) is 13.2 Å². The van der Waals surface area contributed by atoms with Crippen molar-refractivity contribution in [2.24, 2.45) is 5.73 Å². The lowest BCUT2D eigenvalue weighted by Crippen LogP contribution is -2.51. The molecule has 0 spiro atoms. The molecule has 49 heavy (non-hydrogen) atoms. The van der Waals surface area contributed by atoms with Crippen LogP contribution in [0.25, 0.3) is 21.6 Å². The van der Waals surface area contributed by atoms with E-state index in [9.17, 15) is 27.6 Å². The summed E-state index contributed by atoms with van der Waals surface area (Å²) >= 11 is 1.52. The number of fused-ring (bicyclic) bond motifs is 3. The number of nitrogens with one attached hydrogen (secondary N) is 1. The highest BCUT2D eigenvalue weighted by Crippen LogP contribution is 2.44. The summed E-state index contributed by atoms with van der Waals surface area (Å²) in [7, 11) is 1.13. The molecule has 0 aliphatic carbocycles. The SMILES string of the molecule is COC(=O)c1nc(C(=O)N2CCCC[C@H]2C(F)(F)F)ccc1-c1cc2c(cc1C(=O)Nc1c(C)cc(CN)cc1C)-c1sccc1CCO2. The fraction of sp³-hybridized carbons (Fsp3) is 0.333. The standard InChI is InChI=1S/C36H35F3N4O5S/c1-19-14-21(18-40)15-20(2)30(19)42-33(44)25-16-26-28(48-12-9-22-10-13-49-32(22)26)17-24(25)23-7-8-27(41-31(23)35(46)47-3)34(45)43-11-5-4-6-29(43)36(37,38)39/h7-8,10,13-17,29H,4-6,9,11-12,18,40H2,1-3H3,(H,42,44)/t29-/m0/s1. The topological polar surface area (TPSA) is 124 Å². The van der Waals surface area contributed by atoms with Gasteiger partial charge in [-0.15, -0.1) is 11.3 Å². The number of hydrogen-bond donors (Lipinski definition) is 2. The van der Waals surface area contributed by atoms with Gasteiger partial charge in [0.25, 0.3) is 11.8 Å². The minimum atomic E-state index is -4.62. The number of piperidine rings is 1. The van der Waals surface area contributed by atoms with Crippen LogP contribution in [-0.2, 0) is 17.7 Å². The second-order valence-corrected chi connectivity index (χ2v) is 13.1. The lowest BCUT2D eigenvalue weighted by Gasteiger charge is -2.36. The first kappa shape index (κ1) is 34.1. The molecule has 0 unspecified atom stereocenters. The molecule has 2 aromatic carbocycles. The number of aromatic nitrogens is 1. The van der Waals surface area contributed by atoms with Crippen LogP contribution in [0.15, 0.2) is 47.8 Å². The van der Waals surface area contributed by atoms with Gasteiger partial charge in [-0.05, 0) is 91.1 Å². The predicted octanol–water partition coefficient (Wildman–Crippen LogP) is 7.08. The number of nitrogens with two attached hydrogens (primary N) is 1. The van der Waals surface area contributed by atoms with Crippen molar-refractivity contribution in [3.8, 4) is 27.3 Å².